The molecule has 0 radical (unpaired) electrons. The number of hydrogen-bond donors (Lipinski definition) is 1. The van der Waals surface area contributed by atoms with E-state index in [1.807, 2.05) is 0 Å². The van der Waals surface area contributed by atoms with Gasteiger partial charge in [0.1, 0.15) is 5.82 Å². The number of nitrogens with one attached hydrogen (secondary N) is 1. The molecule has 2 atom stereocenters. The van der Waals surface area contributed by atoms with Gasteiger partial charge >= 0.3 is 0 Å². The van der Waals surface area contributed by atoms with Gasteiger partial charge in [-0.1, -0.05) is 17.7 Å². The van der Waals surface area contributed by atoms with Crippen LogP contribution in [0.15, 0.2) is 18.2 Å². The Morgan fingerprint density at radius 2 is 2.31 bits per heavy atom. The molecule has 0 amide bonds. The van der Waals surface area contributed by atoms with Gasteiger partial charge in [0, 0.05) is 19.2 Å². The average Bonchev–Trinajstić information content (AvgIpc) is 2.47. The SMILES string of the molecule is CC1CCOC(c2ccc(F)c(Cl)c2)CN1. The lowest BCUT2D eigenvalue weighted by molar-refractivity contribution is 0.0664. The summed E-state index contributed by atoms with van der Waals surface area (Å²) in [5.41, 5.74) is 0.924. The summed E-state index contributed by atoms with van der Waals surface area (Å²) < 4.78 is 18.7. The van der Waals surface area contributed by atoms with Crippen molar-refractivity contribution >= 4 is 11.6 Å². The largest absolute Gasteiger partial charge is 0.372 e. The highest BCUT2D eigenvalue weighted by atomic mass is 35.5. The fourth-order valence-electron chi connectivity index (χ4n) is 1.78. The van der Waals surface area contributed by atoms with Crippen LogP contribution in [0.3, 0.4) is 0 Å². The van der Waals surface area contributed by atoms with E-state index in [0.29, 0.717) is 12.6 Å². The molecule has 1 aliphatic rings. The minimum Gasteiger partial charge on any atom is -0.372 e. The van der Waals surface area contributed by atoms with Crippen molar-refractivity contribution in [3.63, 3.8) is 0 Å². The van der Waals surface area contributed by atoms with E-state index in [9.17, 15) is 4.39 Å². The molecule has 0 spiro atoms. The molecule has 1 fully saturated rings. The second-order valence-electron chi connectivity index (χ2n) is 4.13. The molecular formula is C12H15ClFNO. The maximum Gasteiger partial charge on any atom is 0.141 e. The van der Waals surface area contributed by atoms with E-state index in [4.69, 9.17) is 16.3 Å². The Bertz CT molecular complexity index is 372. The van der Waals surface area contributed by atoms with Crippen LogP contribution < -0.4 is 5.32 Å². The van der Waals surface area contributed by atoms with E-state index in [0.717, 1.165) is 18.5 Å². The van der Waals surface area contributed by atoms with Crippen LogP contribution in [0.5, 0.6) is 0 Å². The van der Waals surface area contributed by atoms with Crippen molar-refractivity contribution in [2.45, 2.75) is 25.5 Å². The first kappa shape index (κ1) is 11.8. The summed E-state index contributed by atoms with van der Waals surface area (Å²) in [5, 5.41) is 3.52. The molecule has 16 heavy (non-hydrogen) atoms. The van der Waals surface area contributed by atoms with Crippen molar-refractivity contribution in [1.29, 1.82) is 0 Å². The Morgan fingerprint density at radius 1 is 1.50 bits per heavy atom. The van der Waals surface area contributed by atoms with Gasteiger partial charge in [-0.05, 0) is 31.0 Å². The molecule has 2 rings (SSSR count). The Kier molecular flexibility index (Phi) is 3.79. The Morgan fingerprint density at radius 3 is 3.06 bits per heavy atom. The van der Waals surface area contributed by atoms with E-state index >= 15 is 0 Å². The van der Waals surface area contributed by atoms with E-state index in [-0.39, 0.29) is 16.9 Å². The van der Waals surface area contributed by atoms with Crippen molar-refractivity contribution in [1.82, 2.24) is 5.32 Å². The predicted octanol–water partition coefficient (Wildman–Crippen LogP) is 2.92. The Labute approximate surface area is 99.7 Å². The van der Waals surface area contributed by atoms with Gasteiger partial charge in [-0.2, -0.15) is 0 Å². The lowest BCUT2D eigenvalue weighted by Gasteiger charge is -2.16. The molecule has 4 heteroatoms. The number of rotatable bonds is 1. The molecule has 1 heterocycles. The summed E-state index contributed by atoms with van der Waals surface area (Å²) in [6.45, 7) is 3.58. The molecule has 0 saturated carbocycles. The number of hydrogen-bond acceptors (Lipinski definition) is 2. The second-order valence-corrected chi connectivity index (χ2v) is 4.54. The van der Waals surface area contributed by atoms with Crippen LogP contribution in [-0.4, -0.2) is 19.2 Å². The zero-order valence-corrected chi connectivity index (χ0v) is 9.93. The molecule has 88 valence electrons. The quantitative estimate of drug-likeness (QED) is 0.819. The van der Waals surface area contributed by atoms with Crippen molar-refractivity contribution in [3.05, 3.63) is 34.6 Å². The maximum absolute atomic E-state index is 13.0. The summed E-state index contributed by atoms with van der Waals surface area (Å²) in [5.74, 6) is -0.389. The van der Waals surface area contributed by atoms with E-state index in [1.165, 1.54) is 6.07 Å². The second kappa shape index (κ2) is 5.13. The standard InChI is InChI=1S/C12H15ClFNO/c1-8-4-5-16-12(7-15-8)9-2-3-11(14)10(13)6-9/h2-3,6,8,12,15H,4-5,7H2,1H3. The van der Waals surface area contributed by atoms with Gasteiger partial charge in [-0.3, -0.25) is 0 Å². The van der Waals surface area contributed by atoms with Crippen molar-refractivity contribution in [2.24, 2.45) is 0 Å². The highest BCUT2D eigenvalue weighted by molar-refractivity contribution is 6.30. The molecule has 1 aromatic rings. The Balaban J connectivity index is 2.13. The van der Waals surface area contributed by atoms with Crippen molar-refractivity contribution < 1.29 is 9.13 Å². The van der Waals surface area contributed by atoms with Gasteiger partial charge in [0.25, 0.3) is 0 Å². The molecule has 1 aromatic carbocycles. The van der Waals surface area contributed by atoms with Gasteiger partial charge in [0.2, 0.25) is 0 Å². The van der Waals surface area contributed by atoms with Crippen LogP contribution >= 0.6 is 11.6 Å². The molecular weight excluding hydrogens is 229 g/mol. The Hall–Kier alpha value is -0.640. The van der Waals surface area contributed by atoms with Gasteiger partial charge in [-0.15, -0.1) is 0 Å². The van der Waals surface area contributed by atoms with Crippen molar-refractivity contribution in [3.8, 4) is 0 Å². The zero-order valence-electron chi connectivity index (χ0n) is 9.17. The monoisotopic (exact) mass is 243 g/mol. The molecule has 1 saturated heterocycles. The number of benzene rings is 1. The van der Waals surface area contributed by atoms with Gasteiger partial charge < -0.3 is 10.1 Å². The summed E-state index contributed by atoms with van der Waals surface area (Å²) in [6.07, 6.45) is 0.953. The first-order chi connectivity index (χ1) is 7.66. The lowest BCUT2D eigenvalue weighted by Crippen LogP contribution is -2.27. The van der Waals surface area contributed by atoms with E-state index in [2.05, 4.69) is 12.2 Å². The summed E-state index contributed by atoms with van der Waals surface area (Å²) >= 11 is 5.75. The summed E-state index contributed by atoms with van der Waals surface area (Å²) in [6, 6.07) is 5.21. The van der Waals surface area contributed by atoms with Gasteiger partial charge in [-0.25, -0.2) is 4.39 Å². The highest BCUT2D eigenvalue weighted by Crippen LogP contribution is 2.24. The van der Waals surface area contributed by atoms with Gasteiger partial charge in [0.15, 0.2) is 0 Å². The minimum atomic E-state index is -0.389. The van der Waals surface area contributed by atoms with Crippen LogP contribution in [0.4, 0.5) is 4.39 Å². The zero-order chi connectivity index (χ0) is 11.5. The predicted molar refractivity (Wildman–Crippen MR) is 62.2 cm³/mol. The first-order valence-electron chi connectivity index (χ1n) is 5.47. The summed E-state index contributed by atoms with van der Waals surface area (Å²) in [4.78, 5) is 0. The van der Waals surface area contributed by atoms with Crippen LogP contribution in [0.25, 0.3) is 0 Å². The molecule has 2 nitrogen and oxygen atoms in total. The van der Waals surface area contributed by atoms with Crippen LogP contribution in [0, 0.1) is 5.82 Å². The number of ether oxygens (including phenoxy) is 1. The topological polar surface area (TPSA) is 21.3 Å². The smallest absolute Gasteiger partial charge is 0.141 e. The fraction of sp³-hybridized carbons (Fsp3) is 0.500. The maximum atomic E-state index is 13.0. The highest BCUT2D eigenvalue weighted by Gasteiger charge is 2.18. The molecule has 0 aromatic heterocycles. The lowest BCUT2D eigenvalue weighted by atomic mass is 10.1. The van der Waals surface area contributed by atoms with Gasteiger partial charge in [0.05, 0.1) is 11.1 Å². The van der Waals surface area contributed by atoms with Crippen LogP contribution in [-0.2, 0) is 4.74 Å². The van der Waals surface area contributed by atoms with E-state index < -0.39 is 0 Å². The van der Waals surface area contributed by atoms with E-state index in [1.54, 1.807) is 12.1 Å². The molecule has 2 unspecified atom stereocenters. The molecule has 0 bridgehead atoms. The third-order valence-corrected chi connectivity index (χ3v) is 3.13. The van der Waals surface area contributed by atoms with Crippen LogP contribution in [0.1, 0.15) is 25.0 Å². The molecule has 1 aliphatic heterocycles. The third-order valence-electron chi connectivity index (χ3n) is 2.84. The first-order valence-corrected chi connectivity index (χ1v) is 5.84. The third kappa shape index (κ3) is 2.73. The van der Waals surface area contributed by atoms with Crippen molar-refractivity contribution in [2.75, 3.05) is 13.2 Å². The summed E-state index contributed by atoms with van der Waals surface area (Å²) in [7, 11) is 0. The normalized spacial score (nSPS) is 26.4. The fourth-order valence-corrected chi connectivity index (χ4v) is 1.97. The minimum absolute atomic E-state index is 0.0388. The molecule has 0 aliphatic carbocycles. The van der Waals surface area contributed by atoms with Crippen LogP contribution in [0.2, 0.25) is 5.02 Å². The molecule has 1 N–H and O–H groups in total. The average molecular weight is 244 g/mol. The number of halogens is 2.